The Bertz CT molecular complexity index is 306. The van der Waals surface area contributed by atoms with E-state index in [-0.39, 0.29) is 18.1 Å². The zero-order chi connectivity index (χ0) is 13.5. The van der Waals surface area contributed by atoms with Crippen molar-refractivity contribution >= 4 is 5.91 Å². The van der Waals surface area contributed by atoms with Crippen LogP contribution in [0.15, 0.2) is 0 Å². The SMILES string of the molecule is COC(C)CCC(=O)N1CCN(C(C)C#N)CC1. The summed E-state index contributed by atoms with van der Waals surface area (Å²) in [6, 6.07) is 2.17. The zero-order valence-corrected chi connectivity index (χ0v) is 11.6. The molecule has 0 aliphatic carbocycles. The zero-order valence-electron chi connectivity index (χ0n) is 11.6. The molecule has 1 fully saturated rings. The van der Waals surface area contributed by atoms with Gasteiger partial charge in [0.25, 0.3) is 0 Å². The van der Waals surface area contributed by atoms with E-state index in [1.807, 2.05) is 18.7 Å². The van der Waals surface area contributed by atoms with Crippen LogP contribution in [-0.2, 0) is 9.53 Å². The quantitative estimate of drug-likeness (QED) is 0.729. The summed E-state index contributed by atoms with van der Waals surface area (Å²) in [6.45, 7) is 6.91. The summed E-state index contributed by atoms with van der Waals surface area (Å²) in [5.41, 5.74) is 0. The third kappa shape index (κ3) is 4.28. The molecule has 1 aliphatic rings. The molecule has 1 saturated heterocycles. The number of amides is 1. The van der Waals surface area contributed by atoms with Gasteiger partial charge in [0.2, 0.25) is 5.91 Å². The van der Waals surface area contributed by atoms with Crippen LogP contribution in [0.25, 0.3) is 0 Å². The van der Waals surface area contributed by atoms with Gasteiger partial charge in [0.05, 0.1) is 18.2 Å². The summed E-state index contributed by atoms with van der Waals surface area (Å²) >= 11 is 0. The van der Waals surface area contributed by atoms with Gasteiger partial charge in [-0.25, -0.2) is 0 Å². The Morgan fingerprint density at radius 2 is 1.94 bits per heavy atom. The number of hydrogen-bond donors (Lipinski definition) is 0. The summed E-state index contributed by atoms with van der Waals surface area (Å²) in [5, 5.41) is 8.85. The maximum Gasteiger partial charge on any atom is 0.222 e. The molecule has 5 nitrogen and oxygen atoms in total. The van der Waals surface area contributed by atoms with E-state index in [0.717, 1.165) is 32.6 Å². The number of hydrogen-bond acceptors (Lipinski definition) is 4. The molecule has 102 valence electrons. The molecule has 1 rings (SSSR count). The monoisotopic (exact) mass is 253 g/mol. The number of rotatable bonds is 5. The van der Waals surface area contributed by atoms with Gasteiger partial charge in [-0.05, 0) is 20.3 Å². The van der Waals surface area contributed by atoms with Crippen LogP contribution < -0.4 is 0 Å². The van der Waals surface area contributed by atoms with Gasteiger partial charge in [-0.3, -0.25) is 9.69 Å². The third-order valence-electron chi connectivity index (χ3n) is 3.57. The lowest BCUT2D eigenvalue weighted by Gasteiger charge is -2.36. The molecule has 0 aromatic heterocycles. The third-order valence-corrected chi connectivity index (χ3v) is 3.57. The second-order valence-electron chi connectivity index (χ2n) is 4.81. The molecule has 1 aliphatic heterocycles. The summed E-state index contributed by atoms with van der Waals surface area (Å²) in [7, 11) is 1.66. The second kappa shape index (κ2) is 7.34. The van der Waals surface area contributed by atoms with Crippen molar-refractivity contribution in [1.82, 2.24) is 9.80 Å². The smallest absolute Gasteiger partial charge is 0.222 e. The number of piperazine rings is 1. The van der Waals surface area contributed by atoms with Crippen molar-refractivity contribution in [2.75, 3.05) is 33.3 Å². The minimum Gasteiger partial charge on any atom is -0.382 e. The Kier molecular flexibility index (Phi) is 6.10. The number of ether oxygens (including phenoxy) is 1. The normalized spacial score (nSPS) is 20.2. The summed E-state index contributed by atoms with van der Waals surface area (Å²) in [5.74, 6) is 0.197. The molecular weight excluding hydrogens is 230 g/mol. The maximum absolute atomic E-state index is 12.0. The van der Waals surface area contributed by atoms with Gasteiger partial charge in [0.1, 0.15) is 0 Å². The Labute approximate surface area is 109 Å². The van der Waals surface area contributed by atoms with E-state index < -0.39 is 0 Å². The molecule has 0 N–H and O–H groups in total. The second-order valence-corrected chi connectivity index (χ2v) is 4.81. The maximum atomic E-state index is 12.0. The van der Waals surface area contributed by atoms with Gasteiger partial charge in [-0.2, -0.15) is 5.26 Å². The molecule has 18 heavy (non-hydrogen) atoms. The highest BCUT2D eigenvalue weighted by Crippen LogP contribution is 2.09. The molecule has 1 heterocycles. The molecule has 0 saturated carbocycles. The van der Waals surface area contributed by atoms with E-state index in [9.17, 15) is 4.79 Å². The Hall–Kier alpha value is -1.12. The molecule has 2 atom stereocenters. The number of carbonyl (C=O) groups excluding carboxylic acids is 1. The topological polar surface area (TPSA) is 56.6 Å². The Morgan fingerprint density at radius 1 is 1.33 bits per heavy atom. The van der Waals surface area contributed by atoms with E-state index in [2.05, 4.69) is 11.0 Å². The van der Waals surface area contributed by atoms with Crippen LogP contribution in [0.3, 0.4) is 0 Å². The average molecular weight is 253 g/mol. The van der Waals surface area contributed by atoms with Crippen LogP contribution >= 0.6 is 0 Å². The van der Waals surface area contributed by atoms with E-state index >= 15 is 0 Å². The molecule has 0 aromatic carbocycles. The summed E-state index contributed by atoms with van der Waals surface area (Å²) < 4.78 is 5.14. The lowest BCUT2D eigenvalue weighted by atomic mass is 10.2. The van der Waals surface area contributed by atoms with Gasteiger partial charge in [0.15, 0.2) is 0 Å². The number of nitriles is 1. The minimum atomic E-state index is -0.0595. The molecule has 5 heteroatoms. The molecular formula is C13H23N3O2. The molecule has 0 bridgehead atoms. The van der Waals surface area contributed by atoms with Crippen LogP contribution in [-0.4, -0.2) is 61.1 Å². The molecule has 0 aromatic rings. The van der Waals surface area contributed by atoms with Crippen molar-refractivity contribution in [3.63, 3.8) is 0 Å². The Balaban J connectivity index is 2.30. The molecule has 1 amide bonds. The lowest BCUT2D eigenvalue weighted by Crippen LogP contribution is -2.51. The van der Waals surface area contributed by atoms with E-state index in [0.29, 0.717) is 6.42 Å². The minimum absolute atomic E-state index is 0.0595. The van der Waals surface area contributed by atoms with Crippen LogP contribution in [0.5, 0.6) is 0 Å². The summed E-state index contributed by atoms with van der Waals surface area (Å²) in [4.78, 5) is 16.0. The lowest BCUT2D eigenvalue weighted by molar-refractivity contribution is -0.133. The Morgan fingerprint density at radius 3 is 2.44 bits per heavy atom. The van der Waals surface area contributed by atoms with Gasteiger partial charge < -0.3 is 9.64 Å². The fourth-order valence-corrected chi connectivity index (χ4v) is 2.04. The van der Waals surface area contributed by atoms with Crippen molar-refractivity contribution in [2.45, 2.75) is 38.8 Å². The van der Waals surface area contributed by atoms with Gasteiger partial charge >= 0.3 is 0 Å². The van der Waals surface area contributed by atoms with Gasteiger partial charge in [-0.1, -0.05) is 0 Å². The van der Waals surface area contributed by atoms with E-state index in [1.54, 1.807) is 7.11 Å². The van der Waals surface area contributed by atoms with Crippen molar-refractivity contribution in [2.24, 2.45) is 0 Å². The largest absolute Gasteiger partial charge is 0.382 e. The predicted molar refractivity (Wildman–Crippen MR) is 68.9 cm³/mol. The van der Waals surface area contributed by atoms with Crippen molar-refractivity contribution in [1.29, 1.82) is 5.26 Å². The highest BCUT2D eigenvalue weighted by Gasteiger charge is 2.23. The van der Waals surface area contributed by atoms with E-state index in [4.69, 9.17) is 10.00 Å². The standard InChI is InChI=1S/C13H23N3O2/c1-11(10-14)15-6-8-16(9-7-15)13(17)5-4-12(2)18-3/h11-12H,4-9H2,1-3H3. The summed E-state index contributed by atoms with van der Waals surface area (Å²) in [6.07, 6.45) is 1.45. The molecule has 0 spiro atoms. The first kappa shape index (κ1) is 14.9. The van der Waals surface area contributed by atoms with Crippen molar-refractivity contribution < 1.29 is 9.53 Å². The van der Waals surface area contributed by atoms with Crippen LogP contribution in [0, 0.1) is 11.3 Å². The van der Waals surface area contributed by atoms with Gasteiger partial charge in [0, 0.05) is 39.7 Å². The first-order valence-corrected chi connectivity index (χ1v) is 6.52. The van der Waals surface area contributed by atoms with Crippen LogP contribution in [0.2, 0.25) is 0 Å². The number of carbonyl (C=O) groups is 1. The van der Waals surface area contributed by atoms with Crippen molar-refractivity contribution in [3.8, 4) is 6.07 Å². The van der Waals surface area contributed by atoms with Gasteiger partial charge in [-0.15, -0.1) is 0 Å². The van der Waals surface area contributed by atoms with E-state index in [1.165, 1.54) is 0 Å². The molecule has 0 radical (unpaired) electrons. The predicted octanol–water partition coefficient (Wildman–Crippen LogP) is 0.858. The number of methoxy groups -OCH3 is 1. The molecule has 2 unspecified atom stereocenters. The van der Waals surface area contributed by atoms with Crippen LogP contribution in [0.1, 0.15) is 26.7 Å². The first-order chi connectivity index (χ1) is 8.58. The number of nitrogens with zero attached hydrogens (tertiary/aromatic N) is 3. The first-order valence-electron chi connectivity index (χ1n) is 6.52. The fourth-order valence-electron chi connectivity index (χ4n) is 2.04. The average Bonchev–Trinajstić information content (AvgIpc) is 2.43. The highest BCUT2D eigenvalue weighted by molar-refractivity contribution is 5.76. The fraction of sp³-hybridized carbons (Fsp3) is 0.846. The van der Waals surface area contributed by atoms with Crippen LogP contribution in [0.4, 0.5) is 0 Å². The van der Waals surface area contributed by atoms with Crippen molar-refractivity contribution in [3.05, 3.63) is 0 Å². The highest BCUT2D eigenvalue weighted by atomic mass is 16.5.